The summed E-state index contributed by atoms with van der Waals surface area (Å²) >= 11 is 0. The Balaban J connectivity index is 1.90. The summed E-state index contributed by atoms with van der Waals surface area (Å²) in [6.45, 7) is 0.569. The van der Waals surface area contributed by atoms with Crippen molar-refractivity contribution in [2.75, 3.05) is 6.54 Å². The van der Waals surface area contributed by atoms with E-state index in [1.165, 1.54) is 0 Å². The van der Waals surface area contributed by atoms with Gasteiger partial charge in [0.15, 0.2) is 0 Å². The van der Waals surface area contributed by atoms with Crippen molar-refractivity contribution >= 4 is 5.97 Å². The molecule has 1 saturated heterocycles. The molecule has 2 heterocycles. The van der Waals surface area contributed by atoms with Gasteiger partial charge in [0.2, 0.25) is 0 Å². The second-order valence-electron chi connectivity index (χ2n) is 3.46. The molecule has 1 fully saturated rings. The quantitative estimate of drug-likeness (QED) is 0.746. The predicted octanol–water partition coefficient (Wildman–Crippen LogP) is 0.276. The van der Waals surface area contributed by atoms with Crippen molar-refractivity contribution in [1.82, 2.24) is 10.3 Å². The van der Waals surface area contributed by atoms with Crippen molar-refractivity contribution in [2.45, 2.75) is 18.6 Å². The zero-order valence-corrected chi connectivity index (χ0v) is 8.09. The number of nitrogens with one attached hydrogen (secondary N) is 1. The highest BCUT2D eigenvalue weighted by molar-refractivity contribution is 5.73. The molecule has 0 saturated carbocycles. The Morgan fingerprint density at radius 1 is 1.53 bits per heavy atom. The fourth-order valence-electron chi connectivity index (χ4n) is 1.59. The van der Waals surface area contributed by atoms with Crippen LogP contribution in [-0.2, 0) is 4.79 Å². The molecule has 1 aliphatic heterocycles. The minimum absolute atomic E-state index is 0.0755. The molecule has 0 aromatic carbocycles. The van der Waals surface area contributed by atoms with E-state index in [9.17, 15) is 4.79 Å². The number of ether oxygens (including phenoxy) is 1. The van der Waals surface area contributed by atoms with E-state index in [0.717, 1.165) is 5.75 Å². The summed E-state index contributed by atoms with van der Waals surface area (Å²) in [6, 6.07) is 3.03. The number of hydrogen-bond acceptors (Lipinski definition) is 4. The van der Waals surface area contributed by atoms with Crippen molar-refractivity contribution in [1.29, 1.82) is 0 Å². The first-order valence-corrected chi connectivity index (χ1v) is 4.78. The summed E-state index contributed by atoms with van der Waals surface area (Å²) in [5.41, 5.74) is 0. The molecule has 2 atom stereocenters. The second-order valence-corrected chi connectivity index (χ2v) is 3.46. The van der Waals surface area contributed by atoms with Gasteiger partial charge in [-0.2, -0.15) is 0 Å². The third-order valence-corrected chi connectivity index (χ3v) is 2.34. The third-order valence-electron chi connectivity index (χ3n) is 2.34. The Morgan fingerprint density at radius 3 is 2.87 bits per heavy atom. The molecule has 1 aliphatic rings. The van der Waals surface area contributed by atoms with Gasteiger partial charge in [0.1, 0.15) is 17.9 Å². The number of carboxylic acid groups (broad SMARTS) is 1. The van der Waals surface area contributed by atoms with Gasteiger partial charge in [-0.05, 0) is 12.1 Å². The van der Waals surface area contributed by atoms with E-state index in [1.54, 1.807) is 24.5 Å². The first kappa shape index (κ1) is 9.92. The molecule has 0 radical (unpaired) electrons. The minimum Gasteiger partial charge on any atom is -0.489 e. The van der Waals surface area contributed by atoms with Crippen molar-refractivity contribution in [2.24, 2.45) is 0 Å². The van der Waals surface area contributed by atoms with Crippen LogP contribution in [0.2, 0.25) is 0 Å². The van der Waals surface area contributed by atoms with Crippen LogP contribution in [-0.4, -0.2) is 34.8 Å². The van der Waals surface area contributed by atoms with Gasteiger partial charge in [0.25, 0.3) is 0 Å². The summed E-state index contributed by atoms with van der Waals surface area (Å²) < 4.78 is 5.59. The van der Waals surface area contributed by atoms with Crippen molar-refractivity contribution < 1.29 is 14.6 Å². The Labute approximate surface area is 87.1 Å². The molecule has 80 valence electrons. The van der Waals surface area contributed by atoms with Gasteiger partial charge in [-0.15, -0.1) is 0 Å². The molecule has 0 unspecified atom stereocenters. The maximum absolute atomic E-state index is 10.7. The molecule has 0 bridgehead atoms. The first-order valence-electron chi connectivity index (χ1n) is 4.78. The standard InChI is InChI=1S/C10H12N2O3/c13-10(14)9-5-8(6-12-9)15-7-1-3-11-4-2-7/h1-4,8-9,12H,5-6H2,(H,13,14)/t8-,9-/m0/s1. The average molecular weight is 208 g/mol. The van der Waals surface area contributed by atoms with E-state index < -0.39 is 12.0 Å². The fourth-order valence-corrected chi connectivity index (χ4v) is 1.59. The smallest absolute Gasteiger partial charge is 0.320 e. The molecule has 1 aromatic heterocycles. The van der Waals surface area contributed by atoms with Crippen molar-refractivity contribution in [3.63, 3.8) is 0 Å². The molecule has 1 aromatic rings. The van der Waals surface area contributed by atoms with Gasteiger partial charge in [0, 0.05) is 25.4 Å². The molecule has 0 spiro atoms. The first-order chi connectivity index (χ1) is 7.25. The zero-order valence-electron chi connectivity index (χ0n) is 8.09. The van der Waals surface area contributed by atoms with Crippen LogP contribution in [0.5, 0.6) is 5.75 Å². The van der Waals surface area contributed by atoms with Gasteiger partial charge >= 0.3 is 5.97 Å². The summed E-state index contributed by atoms with van der Waals surface area (Å²) in [7, 11) is 0. The number of carboxylic acids is 1. The molecular weight excluding hydrogens is 196 g/mol. The lowest BCUT2D eigenvalue weighted by Crippen LogP contribution is -2.30. The average Bonchev–Trinajstić information content (AvgIpc) is 2.68. The number of rotatable bonds is 3. The summed E-state index contributed by atoms with van der Waals surface area (Å²) in [6.07, 6.45) is 3.71. The van der Waals surface area contributed by atoms with E-state index >= 15 is 0 Å². The number of hydrogen-bond donors (Lipinski definition) is 2. The number of nitrogens with zero attached hydrogens (tertiary/aromatic N) is 1. The van der Waals surface area contributed by atoms with Crippen LogP contribution in [0.3, 0.4) is 0 Å². The van der Waals surface area contributed by atoms with E-state index in [1.807, 2.05) is 0 Å². The highest BCUT2D eigenvalue weighted by Gasteiger charge is 2.30. The molecule has 0 amide bonds. The highest BCUT2D eigenvalue weighted by atomic mass is 16.5. The lowest BCUT2D eigenvalue weighted by molar-refractivity contribution is -0.139. The molecule has 5 nitrogen and oxygen atoms in total. The van der Waals surface area contributed by atoms with Crippen molar-refractivity contribution in [3.8, 4) is 5.75 Å². The van der Waals surface area contributed by atoms with E-state index in [4.69, 9.17) is 9.84 Å². The minimum atomic E-state index is -0.823. The molecule has 2 N–H and O–H groups in total. The van der Waals surface area contributed by atoms with Crippen LogP contribution in [0.25, 0.3) is 0 Å². The Bertz CT molecular complexity index is 342. The zero-order chi connectivity index (χ0) is 10.7. The second kappa shape index (κ2) is 4.27. The van der Waals surface area contributed by atoms with Crippen LogP contribution in [0.1, 0.15) is 6.42 Å². The summed E-state index contributed by atoms with van der Waals surface area (Å²) in [4.78, 5) is 14.5. The Hall–Kier alpha value is -1.62. The lowest BCUT2D eigenvalue weighted by atomic mass is 10.2. The van der Waals surface area contributed by atoms with Gasteiger partial charge in [-0.25, -0.2) is 0 Å². The molecule has 0 aliphatic carbocycles. The topological polar surface area (TPSA) is 71.5 Å². The van der Waals surface area contributed by atoms with E-state index in [2.05, 4.69) is 10.3 Å². The van der Waals surface area contributed by atoms with Crippen LogP contribution < -0.4 is 10.1 Å². The van der Waals surface area contributed by atoms with Crippen LogP contribution in [0, 0.1) is 0 Å². The number of carbonyl (C=O) groups is 1. The Kier molecular flexibility index (Phi) is 2.82. The number of aromatic nitrogens is 1. The van der Waals surface area contributed by atoms with Crippen LogP contribution >= 0.6 is 0 Å². The predicted molar refractivity (Wildman–Crippen MR) is 52.7 cm³/mol. The van der Waals surface area contributed by atoms with Crippen LogP contribution in [0.4, 0.5) is 0 Å². The molecule has 15 heavy (non-hydrogen) atoms. The lowest BCUT2D eigenvalue weighted by Gasteiger charge is -2.11. The van der Waals surface area contributed by atoms with Gasteiger partial charge in [0.05, 0.1) is 0 Å². The molecular formula is C10H12N2O3. The van der Waals surface area contributed by atoms with Crippen LogP contribution in [0.15, 0.2) is 24.5 Å². The molecule has 5 heteroatoms. The van der Waals surface area contributed by atoms with Gasteiger partial charge in [-0.3, -0.25) is 9.78 Å². The Morgan fingerprint density at radius 2 is 2.27 bits per heavy atom. The van der Waals surface area contributed by atoms with Gasteiger partial charge < -0.3 is 15.2 Å². The molecule has 2 rings (SSSR count). The normalized spacial score (nSPS) is 25.1. The summed E-state index contributed by atoms with van der Waals surface area (Å²) in [5.74, 6) is -0.0985. The van der Waals surface area contributed by atoms with Crippen molar-refractivity contribution in [3.05, 3.63) is 24.5 Å². The third kappa shape index (κ3) is 2.44. The number of aliphatic carboxylic acids is 1. The van der Waals surface area contributed by atoms with E-state index in [-0.39, 0.29) is 6.10 Å². The highest BCUT2D eigenvalue weighted by Crippen LogP contribution is 2.15. The largest absolute Gasteiger partial charge is 0.489 e. The maximum Gasteiger partial charge on any atom is 0.320 e. The SMILES string of the molecule is O=C(O)[C@@H]1C[C@H](Oc2ccncc2)CN1. The maximum atomic E-state index is 10.7. The van der Waals surface area contributed by atoms with E-state index in [0.29, 0.717) is 13.0 Å². The monoisotopic (exact) mass is 208 g/mol. The number of pyridine rings is 1. The summed E-state index contributed by atoms with van der Waals surface area (Å²) in [5, 5.41) is 11.7. The van der Waals surface area contributed by atoms with Gasteiger partial charge in [-0.1, -0.05) is 0 Å². The fraction of sp³-hybridized carbons (Fsp3) is 0.400.